The van der Waals surface area contributed by atoms with Gasteiger partial charge in [0.1, 0.15) is 0 Å². The third kappa shape index (κ3) is 3.60. The first-order valence-corrected chi connectivity index (χ1v) is 7.65. The average molecular weight is 236 g/mol. The van der Waals surface area contributed by atoms with Crippen LogP contribution in [0.2, 0.25) is 0 Å². The van der Waals surface area contributed by atoms with Crippen LogP contribution in [0.1, 0.15) is 73.6 Å². The zero-order valence-corrected chi connectivity index (χ0v) is 12.8. The Hall–Kier alpha value is -0.260. The molecule has 0 heteroatoms. The Kier molecular flexibility index (Phi) is 5.28. The van der Waals surface area contributed by atoms with Crippen molar-refractivity contribution < 1.29 is 0 Å². The lowest BCUT2D eigenvalue weighted by Crippen LogP contribution is -2.14. The van der Waals surface area contributed by atoms with Crippen LogP contribution < -0.4 is 0 Å². The van der Waals surface area contributed by atoms with Gasteiger partial charge in [-0.2, -0.15) is 0 Å². The zero-order valence-electron chi connectivity index (χ0n) is 12.8. The zero-order chi connectivity index (χ0) is 13.1. The summed E-state index contributed by atoms with van der Waals surface area (Å²) < 4.78 is 0. The maximum Gasteiger partial charge on any atom is 0.00884 e. The van der Waals surface area contributed by atoms with Gasteiger partial charge in [0.15, 0.2) is 0 Å². The van der Waals surface area contributed by atoms with Crippen LogP contribution in [0.4, 0.5) is 0 Å². The van der Waals surface area contributed by atoms with Crippen molar-refractivity contribution in [3.8, 4) is 0 Å². The Morgan fingerprint density at radius 3 is 2.06 bits per heavy atom. The molecular formula is C17H32. The second-order valence-corrected chi connectivity index (χ2v) is 6.50. The Bertz CT molecular complexity index is 259. The topological polar surface area (TPSA) is 0 Å². The molecule has 1 aliphatic carbocycles. The van der Waals surface area contributed by atoms with Crippen LogP contribution in [0, 0.1) is 23.2 Å². The summed E-state index contributed by atoms with van der Waals surface area (Å²) in [6, 6.07) is 0. The number of allylic oxidation sites excluding steroid dienone is 2. The molecule has 0 spiro atoms. The molecule has 1 rings (SSSR count). The SMILES string of the molecule is CCC(CC)C(C)CCCC(C)C1(C)C=C1C. The van der Waals surface area contributed by atoms with Crippen LogP contribution in [-0.2, 0) is 0 Å². The molecule has 0 N–H and O–H groups in total. The molecule has 0 aromatic carbocycles. The van der Waals surface area contributed by atoms with Gasteiger partial charge in [-0.1, -0.05) is 72.0 Å². The lowest BCUT2D eigenvalue weighted by Gasteiger charge is -2.24. The second-order valence-electron chi connectivity index (χ2n) is 6.50. The van der Waals surface area contributed by atoms with Gasteiger partial charge in [-0.15, -0.1) is 0 Å². The number of hydrogen-bond acceptors (Lipinski definition) is 0. The van der Waals surface area contributed by atoms with Crippen molar-refractivity contribution in [3.63, 3.8) is 0 Å². The lowest BCUT2D eigenvalue weighted by atomic mass is 9.81. The van der Waals surface area contributed by atoms with Gasteiger partial charge in [0.2, 0.25) is 0 Å². The highest BCUT2D eigenvalue weighted by Crippen LogP contribution is 2.51. The van der Waals surface area contributed by atoms with E-state index in [2.05, 4.69) is 47.6 Å². The molecule has 0 amide bonds. The Labute approximate surface area is 109 Å². The first-order chi connectivity index (χ1) is 7.95. The van der Waals surface area contributed by atoms with Crippen LogP contribution in [0.5, 0.6) is 0 Å². The van der Waals surface area contributed by atoms with Crippen LogP contribution in [0.3, 0.4) is 0 Å². The maximum absolute atomic E-state index is 2.45. The molecule has 0 radical (unpaired) electrons. The summed E-state index contributed by atoms with van der Waals surface area (Å²) >= 11 is 0. The van der Waals surface area contributed by atoms with Gasteiger partial charge in [-0.3, -0.25) is 0 Å². The predicted octanol–water partition coefficient (Wildman–Crippen LogP) is 5.83. The van der Waals surface area contributed by atoms with Gasteiger partial charge in [0, 0.05) is 5.41 Å². The van der Waals surface area contributed by atoms with E-state index in [4.69, 9.17) is 0 Å². The minimum Gasteiger partial charge on any atom is -0.0745 e. The Balaban J connectivity index is 2.19. The van der Waals surface area contributed by atoms with E-state index < -0.39 is 0 Å². The van der Waals surface area contributed by atoms with E-state index in [9.17, 15) is 0 Å². The molecule has 0 aromatic rings. The Morgan fingerprint density at radius 1 is 1.12 bits per heavy atom. The van der Waals surface area contributed by atoms with E-state index in [1.54, 1.807) is 5.57 Å². The van der Waals surface area contributed by atoms with E-state index in [1.165, 1.54) is 32.1 Å². The number of rotatable bonds is 8. The number of hydrogen-bond donors (Lipinski definition) is 0. The van der Waals surface area contributed by atoms with Crippen molar-refractivity contribution in [1.82, 2.24) is 0 Å². The van der Waals surface area contributed by atoms with E-state index in [1.807, 2.05) is 0 Å². The van der Waals surface area contributed by atoms with Gasteiger partial charge in [-0.25, -0.2) is 0 Å². The summed E-state index contributed by atoms with van der Waals surface area (Å²) in [5, 5.41) is 0. The van der Waals surface area contributed by atoms with Gasteiger partial charge in [0.05, 0.1) is 0 Å². The van der Waals surface area contributed by atoms with Gasteiger partial charge >= 0.3 is 0 Å². The quantitative estimate of drug-likeness (QED) is 0.465. The van der Waals surface area contributed by atoms with Crippen molar-refractivity contribution in [2.45, 2.75) is 73.6 Å². The van der Waals surface area contributed by atoms with Crippen LogP contribution in [0.15, 0.2) is 11.6 Å². The van der Waals surface area contributed by atoms with Crippen molar-refractivity contribution in [1.29, 1.82) is 0 Å². The molecular weight excluding hydrogens is 204 g/mol. The minimum absolute atomic E-state index is 0.484. The summed E-state index contributed by atoms with van der Waals surface area (Å²) in [6.07, 6.45) is 9.38. The summed E-state index contributed by atoms with van der Waals surface area (Å²) in [5.41, 5.74) is 2.09. The van der Waals surface area contributed by atoms with Crippen LogP contribution >= 0.6 is 0 Å². The summed E-state index contributed by atoms with van der Waals surface area (Å²) in [5.74, 6) is 2.70. The largest absolute Gasteiger partial charge is 0.0745 e. The highest BCUT2D eigenvalue weighted by molar-refractivity contribution is 5.36. The fraction of sp³-hybridized carbons (Fsp3) is 0.882. The molecule has 0 saturated heterocycles. The highest BCUT2D eigenvalue weighted by atomic mass is 14.4. The van der Waals surface area contributed by atoms with Gasteiger partial charge in [-0.05, 0) is 31.1 Å². The fourth-order valence-corrected chi connectivity index (χ4v) is 3.32. The average Bonchev–Trinajstić information content (AvgIpc) is 2.90. The van der Waals surface area contributed by atoms with Crippen molar-refractivity contribution >= 4 is 0 Å². The van der Waals surface area contributed by atoms with Gasteiger partial charge in [0.25, 0.3) is 0 Å². The summed E-state index contributed by atoms with van der Waals surface area (Å²) in [6.45, 7) is 14.2. The van der Waals surface area contributed by atoms with E-state index in [-0.39, 0.29) is 0 Å². The van der Waals surface area contributed by atoms with E-state index in [0.717, 1.165) is 17.8 Å². The maximum atomic E-state index is 2.45. The smallest absolute Gasteiger partial charge is 0.00884 e. The summed E-state index contributed by atoms with van der Waals surface area (Å²) in [7, 11) is 0. The van der Waals surface area contributed by atoms with Crippen molar-refractivity contribution in [2.75, 3.05) is 0 Å². The molecule has 0 bridgehead atoms. The van der Waals surface area contributed by atoms with E-state index in [0.29, 0.717) is 5.41 Å². The standard InChI is InChI=1S/C17H32/c1-7-16(8-2)13(3)10-9-11-14(4)17(6)12-15(17)5/h12-14,16H,7-11H2,1-6H3. The van der Waals surface area contributed by atoms with Crippen LogP contribution in [-0.4, -0.2) is 0 Å². The highest BCUT2D eigenvalue weighted by Gasteiger charge is 2.40. The normalized spacial score (nSPS) is 26.9. The molecule has 0 heterocycles. The molecule has 1 aliphatic rings. The monoisotopic (exact) mass is 236 g/mol. The first kappa shape index (κ1) is 14.8. The fourth-order valence-electron chi connectivity index (χ4n) is 3.32. The molecule has 0 aromatic heterocycles. The second kappa shape index (κ2) is 6.07. The van der Waals surface area contributed by atoms with E-state index >= 15 is 0 Å². The first-order valence-electron chi connectivity index (χ1n) is 7.65. The molecule has 100 valence electrons. The molecule has 3 atom stereocenters. The van der Waals surface area contributed by atoms with Crippen LogP contribution in [0.25, 0.3) is 0 Å². The molecule has 0 saturated carbocycles. The Morgan fingerprint density at radius 2 is 1.65 bits per heavy atom. The minimum atomic E-state index is 0.484. The molecule has 0 nitrogen and oxygen atoms in total. The lowest BCUT2D eigenvalue weighted by molar-refractivity contribution is 0.287. The van der Waals surface area contributed by atoms with Gasteiger partial charge < -0.3 is 0 Å². The predicted molar refractivity (Wildman–Crippen MR) is 78.1 cm³/mol. The van der Waals surface area contributed by atoms with Crippen molar-refractivity contribution in [3.05, 3.63) is 11.6 Å². The third-order valence-corrected chi connectivity index (χ3v) is 5.46. The molecule has 0 aliphatic heterocycles. The summed E-state index contributed by atoms with van der Waals surface area (Å²) in [4.78, 5) is 0. The molecule has 17 heavy (non-hydrogen) atoms. The van der Waals surface area contributed by atoms with Crippen molar-refractivity contribution in [2.24, 2.45) is 23.2 Å². The third-order valence-electron chi connectivity index (χ3n) is 5.46. The molecule has 0 fully saturated rings. The molecule has 3 unspecified atom stereocenters.